The second-order valence-corrected chi connectivity index (χ2v) is 8.92. The van der Waals surface area contributed by atoms with Gasteiger partial charge in [-0.25, -0.2) is 9.18 Å². The smallest absolute Gasteiger partial charge is 0.350 e. The zero-order valence-corrected chi connectivity index (χ0v) is 22.1. The number of esters is 1. The Hall–Kier alpha value is -1.15. The summed E-state index contributed by atoms with van der Waals surface area (Å²) in [5.74, 6) is -0.769. The van der Waals surface area contributed by atoms with Crippen LogP contribution in [-0.4, -0.2) is 42.6 Å². The summed E-state index contributed by atoms with van der Waals surface area (Å²) in [5, 5.41) is 4.89. The van der Waals surface area contributed by atoms with Crippen molar-refractivity contribution >= 4 is 28.9 Å². The van der Waals surface area contributed by atoms with Crippen molar-refractivity contribution in [2.24, 2.45) is 0 Å². The fourth-order valence-electron chi connectivity index (χ4n) is 4.55. The van der Waals surface area contributed by atoms with E-state index in [1.807, 2.05) is 31.4 Å². The van der Waals surface area contributed by atoms with E-state index in [0.717, 1.165) is 43.5 Å². The van der Waals surface area contributed by atoms with E-state index in [-0.39, 0.29) is 50.5 Å². The molecule has 1 amide bonds. The van der Waals surface area contributed by atoms with E-state index >= 15 is 0 Å². The number of halogens is 1. The van der Waals surface area contributed by atoms with Gasteiger partial charge in [-0.1, -0.05) is 19.1 Å². The van der Waals surface area contributed by atoms with Gasteiger partial charge in [0.1, 0.15) is 17.2 Å². The molecular formula is C23H30FN2O3SY+. The Kier molecular flexibility index (Phi) is 9.80. The van der Waals surface area contributed by atoms with Gasteiger partial charge in [0, 0.05) is 44.7 Å². The fraction of sp³-hybridized carbons (Fsp3) is 0.478. The van der Waals surface area contributed by atoms with E-state index in [2.05, 4.69) is 5.32 Å². The summed E-state index contributed by atoms with van der Waals surface area (Å²) < 4.78 is 18.9. The molecule has 1 atom stereocenters. The van der Waals surface area contributed by atoms with E-state index in [4.69, 9.17) is 4.74 Å². The molecule has 5 nitrogen and oxygen atoms in total. The average molecular weight is 522 g/mol. The van der Waals surface area contributed by atoms with Crippen LogP contribution in [0.25, 0.3) is 0 Å². The fourth-order valence-corrected chi connectivity index (χ4v) is 5.47. The topological polar surface area (TPSA) is 55.4 Å². The van der Waals surface area contributed by atoms with Crippen molar-refractivity contribution in [2.45, 2.75) is 52.1 Å². The third kappa shape index (κ3) is 6.01. The summed E-state index contributed by atoms with van der Waals surface area (Å²) in [4.78, 5) is 26.0. The summed E-state index contributed by atoms with van der Waals surface area (Å²) in [5.41, 5.74) is 2.44. The number of anilines is 1. The van der Waals surface area contributed by atoms with Crippen molar-refractivity contribution in [2.75, 3.05) is 25.5 Å². The molecule has 2 heterocycles. The van der Waals surface area contributed by atoms with Crippen molar-refractivity contribution < 1.29 is 55.9 Å². The zero-order chi connectivity index (χ0) is 21.7. The van der Waals surface area contributed by atoms with Crippen LogP contribution in [0.5, 0.6) is 0 Å². The first-order valence-corrected chi connectivity index (χ1v) is 11.4. The number of hydrogen-bond acceptors (Lipinski definition) is 4. The van der Waals surface area contributed by atoms with Gasteiger partial charge in [0.05, 0.1) is 25.9 Å². The molecule has 1 saturated heterocycles. The number of benzene rings is 1. The Bertz CT molecular complexity index is 895. The molecule has 0 spiro atoms. The maximum atomic E-state index is 13.5. The van der Waals surface area contributed by atoms with Crippen LogP contribution < -0.4 is 5.32 Å². The Labute approximate surface area is 212 Å². The minimum atomic E-state index is -0.440. The number of aryl methyl sites for hydroxylation is 1. The molecule has 1 aromatic carbocycles. The molecule has 3 rings (SSSR count). The predicted molar refractivity (Wildman–Crippen MR) is 117 cm³/mol. The van der Waals surface area contributed by atoms with Crippen molar-refractivity contribution in [1.82, 2.24) is 0 Å². The van der Waals surface area contributed by atoms with Gasteiger partial charge in [-0.15, -0.1) is 11.3 Å². The van der Waals surface area contributed by atoms with E-state index < -0.39 is 5.97 Å². The molecule has 8 heteroatoms. The van der Waals surface area contributed by atoms with Crippen molar-refractivity contribution in [3.05, 3.63) is 51.5 Å². The van der Waals surface area contributed by atoms with E-state index in [1.54, 1.807) is 0 Å². The van der Waals surface area contributed by atoms with Crippen LogP contribution in [0.1, 0.15) is 53.4 Å². The number of methoxy groups -OCH3 is 1. The molecule has 1 aliphatic rings. The molecule has 0 bridgehead atoms. The first-order chi connectivity index (χ1) is 14.4. The SMILES string of the molecule is CCC(C(=O)Nc1c(C)csc1C(=O)OC)[N+]1(Cc2ccc(F)cc2)CCCCC1.[Y]. The number of piperidine rings is 1. The van der Waals surface area contributed by atoms with E-state index in [9.17, 15) is 14.0 Å². The molecule has 0 saturated carbocycles. The number of nitrogens with zero attached hydrogens (tertiary/aromatic N) is 1. The van der Waals surface area contributed by atoms with E-state index in [1.165, 1.54) is 30.6 Å². The molecule has 1 fully saturated rings. The minimum absolute atomic E-state index is 0. The predicted octanol–water partition coefficient (Wildman–Crippen LogP) is 4.90. The summed E-state index contributed by atoms with van der Waals surface area (Å²) in [6.07, 6.45) is 3.98. The van der Waals surface area contributed by atoms with Crippen LogP contribution >= 0.6 is 11.3 Å². The van der Waals surface area contributed by atoms with Crippen molar-refractivity contribution in [1.29, 1.82) is 0 Å². The van der Waals surface area contributed by atoms with Crippen LogP contribution in [0.2, 0.25) is 0 Å². The van der Waals surface area contributed by atoms with Gasteiger partial charge < -0.3 is 14.5 Å². The number of thiophene rings is 1. The summed E-state index contributed by atoms with van der Waals surface area (Å²) in [6.45, 7) is 6.43. The first kappa shape index (κ1) is 26.1. The molecule has 1 radical (unpaired) electrons. The molecule has 31 heavy (non-hydrogen) atoms. The van der Waals surface area contributed by atoms with Crippen LogP contribution in [0.4, 0.5) is 10.1 Å². The third-order valence-corrected chi connectivity index (χ3v) is 7.14. The number of rotatable bonds is 7. The number of carbonyl (C=O) groups is 2. The first-order valence-electron chi connectivity index (χ1n) is 10.5. The molecule has 1 N–H and O–H groups in total. The number of amides is 1. The van der Waals surface area contributed by atoms with Crippen LogP contribution in [0, 0.1) is 12.7 Å². The molecule has 1 unspecified atom stereocenters. The molecular weight excluding hydrogens is 492 g/mol. The van der Waals surface area contributed by atoms with Gasteiger partial charge >= 0.3 is 5.97 Å². The normalized spacial score (nSPS) is 16.1. The molecule has 2 aromatic rings. The van der Waals surface area contributed by atoms with Crippen LogP contribution in [0.3, 0.4) is 0 Å². The third-order valence-electron chi connectivity index (χ3n) is 6.06. The van der Waals surface area contributed by atoms with E-state index in [0.29, 0.717) is 28.0 Å². The average Bonchev–Trinajstić information content (AvgIpc) is 3.10. The summed E-state index contributed by atoms with van der Waals surface area (Å²) in [7, 11) is 1.34. The van der Waals surface area contributed by atoms with Gasteiger partial charge in [-0.05, 0) is 49.3 Å². The number of ether oxygens (including phenoxy) is 1. The molecule has 165 valence electrons. The number of hydrogen-bond donors (Lipinski definition) is 1. The Balaban J connectivity index is 0.00000341. The zero-order valence-electron chi connectivity index (χ0n) is 18.4. The molecule has 1 aromatic heterocycles. The number of carbonyl (C=O) groups excluding carboxylic acids is 2. The monoisotopic (exact) mass is 522 g/mol. The Morgan fingerprint density at radius 1 is 1.19 bits per heavy atom. The molecule has 0 aliphatic carbocycles. The van der Waals surface area contributed by atoms with Gasteiger partial charge in [0.25, 0.3) is 5.91 Å². The quantitative estimate of drug-likeness (QED) is 0.416. The van der Waals surface area contributed by atoms with Crippen molar-refractivity contribution in [3.8, 4) is 0 Å². The number of likely N-dealkylation sites (tertiary alicyclic amines) is 1. The second kappa shape index (κ2) is 11.6. The van der Waals surface area contributed by atoms with Gasteiger partial charge in [-0.3, -0.25) is 4.79 Å². The van der Waals surface area contributed by atoms with Crippen LogP contribution in [0.15, 0.2) is 29.6 Å². The van der Waals surface area contributed by atoms with Crippen LogP contribution in [-0.2, 0) is 48.8 Å². The number of nitrogens with one attached hydrogen (secondary N) is 1. The van der Waals surface area contributed by atoms with Gasteiger partial charge in [0.2, 0.25) is 0 Å². The minimum Gasteiger partial charge on any atom is -0.465 e. The summed E-state index contributed by atoms with van der Waals surface area (Å²) >= 11 is 1.28. The maximum Gasteiger partial charge on any atom is 0.350 e. The standard InChI is InChI=1S/C23H29FN2O3S.Y/c1-4-19(22(27)25-20-16(2)15-30-21(20)23(28)29-3)26(12-6-5-7-13-26)14-17-8-10-18(24)11-9-17;/h8-11,15,19H,4-7,12-14H2,1-3H3;/p+1. The number of quaternary nitrogens is 1. The largest absolute Gasteiger partial charge is 0.465 e. The van der Waals surface area contributed by atoms with Gasteiger partial charge in [0.15, 0.2) is 6.04 Å². The van der Waals surface area contributed by atoms with Gasteiger partial charge in [-0.2, -0.15) is 0 Å². The van der Waals surface area contributed by atoms with Crippen molar-refractivity contribution in [3.63, 3.8) is 0 Å². The second-order valence-electron chi connectivity index (χ2n) is 8.04. The summed E-state index contributed by atoms with van der Waals surface area (Å²) in [6, 6.07) is 6.34. The molecule has 1 aliphatic heterocycles. The Morgan fingerprint density at radius 2 is 1.84 bits per heavy atom. The Morgan fingerprint density at radius 3 is 2.42 bits per heavy atom. The maximum absolute atomic E-state index is 13.5.